The molecule has 0 unspecified atom stereocenters. The first kappa shape index (κ1) is 16.6. The number of ether oxygens (including phenoxy) is 2. The third kappa shape index (κ3) is 4.90. The maximum absolute atomic E-state index is 5.76. The fourth-order valence-electron chi connectivity index (χ4n) is 1.73. The Bertz CT molecular complexity index is 620. The van der Waals surface area contributed by atoms with Crippen molar-refractivity contribution >= 4 is 53.5 Å². The summed E-state index contributed by atoms with van der Waals surface area (Å²) in [6, 6.07) is 11.8. The summed E-state index contributed by atoms with van der Waals surface area (Å²) in [5.41, 5.74) is 1.06. The molecule has 21 heavy (non-hydrogen) atoms. The van der Waals surface area contributed by atoms with Crippen LogP contribution in [0.15, 0.2) is 49.8 Å². The fourth-order valence-corrected chi connectivity index (χ4v) is 3.05. The summed E-state index contributed by atoms with van der Waals surface area (Å²) in [5, 5.41) is 3.31. The maximum Gasteiger partial charge on any atom is 0.134 e. The molecular formula is C15H14Br3NO2. The first-order valence-electron chi connectivity index (χ1n) is 6.25. The van der Waals surface area contributed by atoms with E-state index in [0.717, 1.165) is 30.6 Å². The lowest BCUT2D eigenvalue weighted by Gasteiger charge is -2.12. The minimum Gasteiger partial charge on any atom is -0.496 e. The first-order chi connectivity index (χ1) is 10.1. The molecule has 112 valence electrons. The summed E-state index contributed by atoms with van der Waals surface area (Å²) in [4.78, 5) is 0. The van der Waals surface area contributed by atoms with Gasteiger partial charge in [0.15, 0.2) is 0 Å². The molecule has 2 rings (SSSR count). The second-order valence-corrected chi connectivity index (χ2v) is 6.83. The Morgan fingerprint density at radius 1 is 1.00 bits per heavy atom. The zero-order valence-electron chi connectivity index (χ0n) is 11.3. The summed E-state index contributed by atoms with van der Waals surface area (Å²) >= 11 is 10.4. The van der Waals surface area contributed by atoms with Gasteiger partial charge in [0.05, 0.1) is 16.1 Å². The summed E-state index contributed by atoms with van der Waals surface area (Å²) in [7, 11) is 1.63. The van der Waals surface area contributed by atoms with E-state index < -0.39 is 0 Å². The monoisotopic (exact) mass is 477 g/mol. The molecule has 0 spiro atoms. The predicted octanol–water partition coefficient (Wildman–Crippen LogP) is 5.47. The molecule has 2 aromatic rings. The van der Waals surface area contributed by atoms with Crippen molar-refractivity contribution in [1.29, 1.82) is 0 Å². The molecule has 0 fully saturated rings. The van der Waals surface area contributed by atoms with Crippen molar-refractivity contribution in [1.82, 2.24) is 0 Å². The lowest BCUT2D eigenvalue weighted by molar-refractivity contribution is 0.329. The van der Waals surface area contributed by atoms with Crippen molar-refractivity contribution in [3.8, 4) is 11.5 Å². The van der Waals surface area contributed by atoms with E-state index in [9.17, 15) is 0 Å². The van der Waals surface area contributed by atoms with Gasteiger partial charge in [0.1, 0.15) is 18.1 Å². The third-order valence-electron chi connectivity index (χ3n) is 2.72. The van der Waals surface area contributed by atoms with Gasteiger partial charge in [-0.1, -0.05) is 22.0 Å². The molecule has 0 atom stereocenters. The van der Waals surface area contributed by atoms with Crippen molar-refractivity contribution < 1.29 is 9.47 Å². The number of rotatable bonds is 6. The average molecular weight is 480 g/mol. The van der Waals surface area contributed by atoms with E-state index in [1.807, 2.05) is 36.4 Å². The van der Waals surface area contributed by atoms with Gasteiger partial charge in [0, 0.05) is 16.7 Å². The molecule has 0 bridgehead atoms. The summed E-state index contributed by atoms with van der Waals surface area (Å²) < 4.78 is 13.8. The van der Waals surface area contributed by atoms with Gasteiger partial charge in [-0.05, 0) is 62.2 Å². The van der Waals surface area contributed by atoms with E-state index in [2.05, 4.69) is 53.1 Å². The standard InChI is InChI=1S/C15H14Br3NO2/c1-20-14-8-13(18)15(9-12(14)17)21-6-5-19-11-4-2-3-10(16)7-11/h2-4,7-9,19H,5-6H2,1H3. The van der Waals surface area contributed by atoms with Gasteiger partial charge in [-0.2, -0.15) is 0 Å². The molecule has 0 radical (unpaired) electrons. The molecule has 0 amide bonds. The van der Waals surface area contributed by atoms with E-state index in [4.69, 9.17) is 9.47 Å². The topological polar surface area (TPSA) is 30.5 Å². The molecule has 3 nitrogen and oxygen atoms in total. The summed E-state index contributed by atoms with van der Waals surface area (Å²) in [5.74, 6) is 1.54. The Kier molecular flexibility index (Phi) is 6.39. The maximum atomic E-state index is 5.76. The number of anilines is 1. The molecule has 0 aromatic heterocycles. The average Bonchev–Trinajstić information content (AvgIpc) is 2.46. The normalized spacial score (nSPS) is 10.3. The Labute approximate surface area is 149 Å². The highest BCUT2D eigenvalue weighted by atomic mass is 79.9. The molecule has 6 heteroatoms. The lowest BCUT2D eigenvalue weighted by Crippen LogP contribution is -2.11. The van der Waals surface area contributed by atoms with Crippen LogP contribution in [-0.4, -0.2) is 20.3 Å². The van der Waals surface area contributed by atoms with E-state index in [0.29, 0.717) is 13.2 Å². The Hall–Kier alpha value is -0.720. The quantitative estimate of drug-likeness (QED) is 0.557. The minimum absolute atomic E-state index is 0.559. The molecule has 0 aliphatic rings. The molecule has 0 saturated carbocycles. The third-order valence-corrected chi connectivity index (χ3v) is 4.45. The number of benzene rings is 2. The molecule has 0 heterocycles. The Morgan fingerprint density at radius 2 is 1.71 bits per heavy atom. The van der Waals surface area contributed by atoms with E-state index in [-0.39, 0.29) is 0 Å². The van der Waals surface area contributed by atoms with Crippen molar-refractivity contribution in [2.45, 2.75) is 0 Å². The highest BCUT2D eigenvalue weighted by Crippen LogP contribution is 2.35. The fraction of sp³-hybridized carbons (Fsp3) is 0.200. The SMILES string of the molecule is COc1cc(Br)c(OCCNc2cccc(Br)c2)cc1Br. The van der Waals surface area contributed by atoms with Gasteiger partial charge in [0.2, 0.25) is 0 Å². The first-order valence-corrected chi connectivity index (χ1v) is 8.63. The van der Waals surface area contributed by atoms with Gasteiger partial charge in [-0.25, -0.2) is 0 Å². The van der Waals surface area contributed by atoms with Crippen LogP contribution in [0.5, 0.6) is 11.5 Å². The van der Waals surface area contributed by atoms with Crippen LogP contribution >= 0.6 is 47.8 Å². The molecule has 2 aromatic carbocycles. The molecular weight excluding hydrogens is 466 g/mol. The van der Waals surface area contributed by atoms with Crippen LogP contribution in [0.2, 0.25) is 0 Å². The summed E-state index contributed by atoms with van der Waals surface area (Å²) in [6.45, 7) is 1.27. The van der Waals surface area contributed by atoms with Crippen LogP contribution in [-0.2, 0) is 0 Å². The number of methoxy groups -OCH3 is 1. The highest BCUT2D eigenvalue weighted by Gasteiger charge is 2.08. The smallest absolute Gasteiger partial charge is 0.134 e. The van der Waals surface area contributed by atoms with Crippen molar-refractivity contribution in [3.05, 3.63) is 49.8 Å². The van der Waals surface area contributed by atoms with Crippen LogP contribution in [0.3, 0.4) is 0 Å². The van der Waals surface area contributed by atoms with Crippen LogP contribution < -0.4 is 14.8 Å². The molecule has 1 N–H and O–H groups in total. The number of halogens is 3. The van der Waals surface area contributed by atoms with Gasteiger partial charge in [0.25, 0.3) is 0 Å². The van der Waals surface area contributed by atoms with Crippen LogP contribution in [0.25, 0.3) is 0 Å². The van der Waals surface area contributed by atoms with Gasteiger partial charge in [-0.3, -0.25) is 0 Å². The van der Waals surface area contributed by atoms with Crippen LogP contribution in [0, 0.1) is 0 Å². The largest absolute Gasteiger partial charge is 0.496 e. The predicted molar refractivity (Wildman–Crippen MR) is 96.5 cm³/mol. The van der Waals surface area contributed by atoms with E-state index >= 15 is 0 Å². The van der Waals surface area contributed by atoms with Crippen LogP contribution in [0.1, 0.15) is 0 Å². The van der Waals surface area contributed by atoms with Crippen molar-refractivity contribution in [2.75, 3.05) is 25.6 Å². The van der Waals surface area contributed by atoms with Crippen molar-refractivity contribution in [3.63, 3.8) is 0 Å². The molecule has 0 aliphatic heterocycles. The molecule has 0 aliphatic carbocycles. The highest BCUT2D eigenvalue weighted by molar-refractivity contribution is 9.11. The number of hydrogen-bond acceptors (Lipinski definition) is 3. The zero-order chi connectivity index (χ0) is 15.2. The zero-order valence-corrected chi connectivity index (χ0v) is 16.1. The lowest BCUT2D eigenvalue weighted by atomic mass is 10.3. The van der Waals surface area contributed by atoms with Crippen molar-refractivity contribution in [2.24, 2.45) is 0 Å². The Morgan fingerprint density at radius 3 is 2.43 bits per heavy atom. The van der Waals surface area contributed by atoms with Gasteiger partial charge >= 0.3 is 0 Å². The minimum atomic E-state index is 0.559. The van der Waals surface area contributed by atoms with E-state index in [1.165, 1.54) is 0 Å². The van der Waals surface area contributed by atoms with Crippen LogP contribution in [0.4, 0.5) is 5.69 Å². The van der Waals surface area contributed by atoms with Gasteiger partial charge < -0.3 is 14.8 Å². The second kappa shape index (κ2) is 8.06. The number of nitrogens with one attached hydrogen (secondary N) is 1. The van der Waals surface area contributed by atoms with E-state index in [1.54, 1.807) is 7.11 Å². The Balaban J connectivity index is 1.88. The van der Waals surface area contributed by atoms with Gasteiger partial charge in [-0.15, -0.1) is 0 Å². The summed E-state index contributed by atoms with van der Waals surface area (Å²) in [6.07, 6.45) is 0. The second-order valence-electron chi connectivity index (χ2n) is 4.20. The number of hydrogen-bond donors (Lipinski definition) is 1. The molecule has 0 saturated heterocycles.